The molecule has 0 saturated carbocycles. The van der Waals surface area contributed by atoms with Crippen molar-refractivity contribution in [3.63, 3.8) is 0 Å². The van der Waals surface area contributed by atoms with Gasteiger partial charge in [-0.25, -0.2) is 0 Å². The minimum absolute atomic E-state index is 0.0967. The summed E-state index contributed by atoms with van der Waals surface area (Å²) in [4.78, 5) is 11.2. The number of rotatable bonds is 8. The minimum Gasteiger partial charge on any atom is -0.463 e. The molecule has 1 rings (SSSR count). The van der Waals surface area contributed by atoms with Crippen LogP contribution in [0.1, 0.15) is 26.2 Å². The maximum absolute atomic E-state index is 11.2. The molecule has 0 atom stereocenters. The summed E-state index contributed by atoms with van der Waals surface area (Å²) in [6.07, 6.45) is 2.75. The Hall–Kier alpha value is -0.610. The van der Waals surface area contributed by atoms with Crippen molar-refractivity contribution in [2.45, 2.75) is 26.2 Å². The average molecular weight is 215 g/mol. The number of hydrogen-bond acceptors (Lipinski definition) is 4. The molecular formula is C11H21NO3. The van der Waals surface area contributed by atoms with E-state index in [1.54, 1.807) is 0 Å². The van der Waals surface area contributed by atoms with Gasteiger partial charge in [0.05, 0.1) is 13.0 Å². The smallest absolute Gasteiger partial charge is 0.306 e. The van der Waals surface area contributed by atoms with Crippen LogP contribution in [0.2, 0.25) is 0 Å². The average Bonchev–Trinajstić information content (AvgIpc) is 2.17. The number of unbranched alkanes of at least 4 members (excludes halogenated alkanes) is 1. The Bertz CT molecular complexity index is 181. The Balaban J connectivity index is 1.83. The molecule has 1 N–H and O–H groups in total. The van der Waals surface area contributed by atoms with Gasteiger partial charge in [-0.15, -0.1) is 0 Å². The number of hydrogen-bond donors (Lipinski definition) is 1. The van der Waals surface area contributed by atoms with Crippen molar-refractivity contribution in [2.24, 2.45) is 5.92 Å². The molecule has 0 bridgehead atoms. The zero-order valence-corrected chi connectivity index (χ0v) is 9.46. The van der Waals surface area contributed by atoms with Gasteiger partial charge in [0.25, 0.3) is 0 Å². The molecular weight excluding hydrogens is 194 g/mol. The van der Waals surface area contributed by atoms with Crippen molar-refractivity contribution in [1.29, 1.82) is 0 Å². The quantitative estimate of drug-likeness (QED) is 0.484. The van der Waals surface area contributed by atoms with Gasteiger partial charge >= 0.3 is 5.97 Å². The fourth-order valence-corrected chi connectivity index (χ4v) is 1.35. The highest BCUT2D eigenvalue weighted by Gasteiger charge is 2.20. The first-order valence-corrected chi connectivity index (χ1v) is 5.77. The van der Waals surface area contributed by atoms with Crippen LogP contribution in [0.25, 0.3) is 0 Å². The highest BCUT2D eigenvalue weighted by Crippen LogP contribution is 2.08. The standard InChI is InChI=1S/C11H21NO3/c1-2-3-4-14-5-6-15-11(13)7-10-8-12-9-10/h10,12H,2-9H2,1H3. The van der Waals surface area contributed by atoms with Crippen LogP contribution in [-0.4, -0.2) is 38.9 Å². The van der Waals surface area contributed by atoms with Gasteiger partial charge in [0.2, 0.25) is 0 Å². The van der Waals surface area contributed by atoms with Crippen LogP contribution >= 0.6 is 0 Å². The third-order valence-electron chi connectivity index (χ3n) is 2.45. The molecule has 1 aliphatic heterocycles. The highest BCUT2D eigenvalue weighted by atomic mass is 16.6. The van der Waals surface area contributed by atoms with E-state index in [4.69, 9.17) is 9.47 Å². The molecule has 0 aliphatic carbocycles. The van der Waals surface area contributed by atoms with Crippen molar-refractivity contribution in [1.82, 2.24) is 5.32 Å². The molecule has 0 aromatic carbocycles. The van der Waals surface area contributed by atoms with Gasteiger partial charge in [-0.2, -0.15) is 0 Å². The molecule has 0 unspecified atom stereocenters. The summed E-state index contributed by atoms with van der Waals surface area (Å²) in [6.45, 7) is 5.69. The third-order valence-corrected chi connectivity index (χ3v) is 2.45. The van der Waals surface area contributed by atoms with Crippen molar-refractivity contribution >= 4 is 5.97 Å². The molecule has 4 nitrogen and oxygen atoms in total. The van der Waals surface area contributed by atoms with Gasteiger partial charge in [0, 0.05) is 6.61 Å². The Labute approximate surface area is 91.3 Å². The van der Waals surface area contributed by atoms with Gasteiger partial charge in [-0.1, -0.05) is 13.3 Å². The van der Waals surface area contributed by atoms with Gasteiger partial charge in [-0.05, 0) is 25.4 Å². The zero-order valence-electron chi connectivity index (χ0n) is 9.46. The van der Waals surface area contributed by atoms with E-state index >= 15 is 0 Å². The second-order valence-corrected chi connectivity index (χ2v) is 3.91. The van der Waals surface area contributed by atoms with Gasteiger partial charge in [-0.3, -0.25) is 4.79 Å². The predicted molar refractivity (Wildman–Crippen MR) is 57.7 cm³/mol. The van der Waals surface area contributed by atoms with E-state index in [0.29, 0.717) is 25.6 Å². The fourth-order valence-electron chi connectivity index (χ4n) is 1.35. The summed E-state index contributed by atoms with van der Waals surface area (Å²) in [7, 11) is 0. The van der Waals surface area contributed by atoms with Gasteiger partial charge in [0.15, 0.2) is 0 Å². The van der Waals surface area contributed by atoms with Crippen LogP contribution in [-0.2, 0) is 14.3 Å². The summed E-state index contributed by atoms with van der Waals surface area (Å²) in [5.41, 5.74) is 0. The maximum Gasteiger partial charge on any atom is 0.306 e. The van der Waals surface area contributed by atoms with Gasteiger partial charge < -0.3 is 14.8 Å². The number of carbonyl (C=O) groups is 1. The first-order valence-electron chi connectivity index (χ1n) is 5.77. The summed E-state index contributed by atoms with van der Waals surface area (Å²) < 4.78 is 10.3. The molecule has 4 heteroatoms. The lowest BCUT2D eigenvalue weighted by Gasteiger charge is -2.25. The molecule has 0 aromatic heterocycles. The van der Waals surface area contributed by atoms with Crippen molar-refractivity contribution < 1.29 is 14.3 Å². The second-order valence-electron chi connectivity index (χ2n) is 3.91. The fraction of sp³-hybridized carbons (Fsp3) is 0.909. The molecule has 1 aliphatic rings. The van der Waals surface area contributed by atoms with E-state index in [1.807, 2.05) is 0 Å². The van der Waals surface area contributed by atoms with E-state index in [9.17, 15) is 4.79 Å². The molecule has 15 heavy (non-hydrogen) atoms. The normalized spacial score (nSPS) is 16.1. The topological polar surface area (TPSA) is 47.6 Å². The van der Waals surface area contributed by atoms with E-state index < -0.39 is 0 Å². The van der Waals surface area contributed by atoms with E-state index in [2.05, 4.69) is 12.2 Å². The number of carbonyl (C=O) groups excluding carboxylic acids is 1. The Morgan fingerprint density at radius 3 is 2.73 bits per heavy atom. The van der Waals surface area contributed by atoms with E-state index in [0.717, 1.165) is 32.5 Å². The summed E-state index contributed by atoms with van der Waals surface area (Å²) in [5.74, 6) is 0.388. The molecule has 1 saturated heterocycles. The maximum atomic E-state index is 11.2. The summed E-state index contributed by atoms with van der Waals surface area (Å²) in [6, 6.07) is 0. The first-order chi connectivity index (χ1) is 7.33. The van der Waals surface area contributed by atoms with Crippen molar-refractivity contribution in [2.75, 3.05) is 32.9 Å². The van der Waals surface area contributed by atoms with Crippen LogP contribution in [0, 0.1) is 5.92 Å². The van der Waals surface area contributed by atoms with Crippen molar-refractivity contribution in [3.05, 3.63) is 0 Å². The Morgan fingerprint density at radius 2 is 2.13 bits per heavy atom. The third kappa shape index (κ3) is 5.74. The Morgan fingerprint density at radius 1 is 1.33 bits per heavy atom. The molecule has 88 valence electrons. The number of ether oxygens (including phenoxy) is 2. The molecule has 0 spiro atoms. The largest absolute Gasteiger partial charge is 0.463 e. The number of esters is 1. The lowest BCUT2D eigenvalue weighted by Crippen LogP contribution is -2.43. The molecule has 0 radical (unpaired) electrons. The van der Waals surface area contributed by atoms with Crippen molar-refractivity contribution in [3.8, 4) is 0 Å². The lowest BCUT2D eigenvalue weighted by molar-refractivity contribution is -0.146. The second kappa shape index (κ2) is 7.65. The van der Waals surface area contributed by atoms with Crippen LogP contribution in [0.5, 0.6) is 0 Å². The van der Waals surface area contributed by atoms with Crippen LogP contribution < -0.4 is 5.32 Å². The molecule has 1 fully saturated rings. The summed E-state index contributed by atoms with van der Waals surface area (Å²) in [5, 5.41) is 3.12. The highest BCUT2D eigenvalue weighted by molar-refractivity contribution is 5.69. The summed E-state index contributed by atoms with van der Waals surface area (Å²) >= 11 is 0. The van der Waals surface area contributed by atoms with E-state index in [-0.39, 0.29) is 5.97 Å². The van der Waals surface area contributed by atoms with Gasteiger partial charge in [0.1, 0.15) is 6.61 Å². The van der Waals surface area contributed by atoms with E-state index in [1.165, 1.54) is 0 Å². The molecule has 0 aromatic rings. The number of nitrogens with one attached hydrogen (secondary N) is 1. The molecule has 1 heterocycles. The van der Waals surface area contributed by atoms with Crippen LogP contribution in [0.15, 0.2) is 0 Å². The monoisotopic (exact) mass is 215 g/mol. The minimum atomic E-state index is -0.0967. The Kier molecular flexibility index (Phi) is 6.36. The predicted octanol–water partition coefficient (Wildman–Crippen LogP) is 0.956. The lowest BCUT2D eigenvalue weighted by atomic mass is 10.00. The molecule has 0 amide bonds. The van der Waals surface area contributed by atoms with Crippen LogP contribution in [0.4, 0.5) is 0 Å². The zero-order chi connectivity index (χ0) is 10.9. The SMILES string of the molecule is CCCCOCCOC(=O)CC1CNC1. The van der Waals surface area contributed by atoms with Crippen LogP contribution in [0.3, 0.4) is 0 Å². The first kappa shape index (κ1) is 12.5.